The number of hydrogen-bond donors (Lipinski definition) is 0. The highest BCUT2D eigenvalue weighted by atomic mass is 16.5. The SMILES string of the molecule is COc1ccc(CCC(=O)N(C)Cc2ccc(C)cc2)cc1. The minimum Gasteiger partial charge on any atom is -0.497 e. The maximum absolute atomic E-state index is 12.2. The Morgan fingerprint density at radius 3 is 2.18 bits per heavy atom. The maximum Gasteiger partial charge on any atom is 0.222 e. The van der Waals surface area contributed by atoms with Gasteiger partial charge in [0.15, 0.2) is 0 Å². The smallest absolute Gasteiger partial charge is 0.222 e. The molecule has 3 nitrogen and oxygen atoms in total. The van der Waals surface area contributed by atoms with Crippen LogP contribution in [0.4, 0.5) is 0 Å². The van der Waals surface area contributed by atoms with Crippen molar-refractivity contribution in [2.24, 2.45) is 0 Å². The Balaban J connectivity index is 1.84. The summed E-state index contributed by atoms with van der Waals surface area (Å²) in [6.45, 7) is 2.72. The Morgan fingerprint density at radius 1 is 1.00 bits per heavy atom. The predicted octanol–water partition coefficient (Wildman–Crippen LogP) is 3.59. The topological polar surface area (TPSA) is 29.5 Å². The molecule has 0 spiro atoms. The molecule has 0 atom stereocenters. The summed E-state index contributed by atoms with van der Waals surface area (Å²) in [6.07, 6.45) is 1.27. The van der Waals surface area contributed by atoms with Crippen LogP contribution < -0.4 is 4.74 Å². The molecule has 0 saturated carbocycles. The van der Waals surface area contributed by atoms with Gasteiger partial charge in [0.2, 0.25) is 5.91 Å². The van der Waals surface area contributed by atoms with E-state index < -0.39 is 0 Å². The summed E-state index contributed by atoms with van der Waals surface area (Å²) in [4.78, 5) is 14.0. The molecule has 0 unspecified atom stereocenters. The second-order valence-corrected chi connectivity index (χ2v) is 5.58. The van der Waals surface area contributed by atoms with E-state index in [4.69, 9.17) is 4.74 Å². The minimum absolute atomic E-state index is 0.163. The number of hydrogen-bond acceptors (Lipinski definition) is 2. The lowest BCUT2D eigenvalue weighted by Gasteiger charge is -2.17. The van der Waals surface area contributed by atoms with Gasteiger partial charge in [0.05, 0.1) is 7.11 Å². The first kappa shape index (κ1) is 16.1. The number of carbonyl (C=O) groups is 1. The zero-order chi connectivity index (χ0) is 15.9. The monoisotopic (exact) mass is 297 g/mol. The van der Waals surface area contributed by atoms with E-state index in [0.29, 0.717) is 13.0 Å². The molecule has 22 heavy (non-hydrogen) atoms. The molecular formula is C19H23NO2. The van der Waals surface area contributed by atoms with Crippen molar-refractivity contribution in [2.75, 3.05) is 14.2 Å². The van der Waals surface area contributed by atoms with E-state index in [2.05, 4.69) is 31.2 Å². The highest BCUT2D eigenvalue weighted by Gasteiger charge is 2.09. The molecule has 0 heterocycles. The third-order valence-corrected chi connectivity index (χ3v) is 3.75. The molecule has 116 valence electrons. The zero-order valence-electron chi connectivity index (χ0n) is 13.5. The molecule has 3 heteroatoms. The van der Waals surface area contributed by atoms with Gasteiger partial charge in [-0.05, 0) is 36.6 Å². The maximum atomic E-state index is 12.2. The van der Waals surface area contributed by atoms with E-state index >= 15 is 0 Å². The van der Waals surface area contributed by atoms with E-state index in [1.807, 2.05) is 31.3 Å². The van der Waals surface area contributed by atoms with Gasteiger partial charge in [-0.3, -0.25) is 4.79 Å². The molecule has 0 aliphatic heterocycles. The van der Waals surface area contributed by atoms with Gasteiger partial charge in [-0.1, -0.05) is 42.0 Å². The molecule has 0 saturated heterocycles. The molecule has 0 fully saturated rings. The number of carbonyl (C=O) groups excluding carboxylic acids is 1. The first-order chi connectivity index (χ1) is 10.6. The molecule has 2 aromatic carbocycles. The summed E-state index contributed by atoms with van der Waals surface area (Å²) < 4.78 is 5.13. The van der Waals surface area contributed by atoms with Crippen molar-refractivity contribution in [3.63, 3.8) is 0 Å². The largest absolute Gasteiger partial charge is 0.497 e. The summed E-state index contributed by atoms with van der Waals surface area (Å²) in [5.41, 5.74) is 3.54. The number of ether oxygens (including phenoxy) is 1. The predicted molar refractivity (Wildman–Crippen MR) is 89.0 cm³/mol. The third-order valence-electron chi connectivity index (χ3n) is 3.75. The van der Waals surface area contributed by atoms with Crippen molar-refractivity contribution in [2.45, 2.75) is 26.3 Å². The fraction of sp³-hybridized carbons (Fsp3) is 0.316. The van der Waals surface area contributed by atoms with Crippen LogP contribution in [0.5, 0.6) is 5.75 Å². The Bertz CT molecular complexity index is 602. The van der Waals surface area contributed by atoms with Crippen LogP contribution in [0.15, 0.2) is 48.5 Å². The Labute approximate surface area is 132 Å². The number of benzene rings is 2. The van der Waals surface area contributed by atoms with Crippen molar-refractivity contribution in [1.82, 2.24) is 4.90 Å². The minimum atomic E-state index is 0.163. The van der Waals surface area contributed by atoms with Crippen molar-refractivity contribution < 1.29 is 9.53 Å². The first-order valence-corrected chi connectivity index (χ1v) is 7.51. The quantitative estimate of drug-likeness (QED) is 0.815. The molecule has 0 bridgehead atoms. The molecular weight excluding hydrogens is 274 g/mol. The second kappa shape index (κ2) is 7.64. The highest BCUT2D eigenvalue weighted by Crippen LogP contribution is 2.13. The molecule has 0 aromatic heterocycles. The highest BCUT2D eigenvalue weighted by molar-refractivity contribution is 5.76. The number of rotatable bonds is 6. The number of amides is 1. The van der Waals surface area contributed by atoms with Crippen LogP contribution in [0.25, 0.3) is 0 Å². The normalized spacial score (nSPS) is 10.3. The van der Waals surface area contributed by atoms with Crippen LogP contribution in [0.3, 0.4) is 0 Å². The van der Waals surface area contributed by atoms with Crippen LogP contribution in [-0.2, 0) is 17.8 Å². The summed E-state index contributed by atoms with van der Waals surface area (Å²) in [5.74, 6) is 1.00. The molecule has 1 amide bonds. The fourth-order valence-electron chi connectivity index (χ4n) is 2.29. The summed E-state index contributed by atoms with van der Waals surface area (Å²) in [6, 6.07) is 16.2. The summed E-state index contributed by atoms with van der Waals surface area (Å²) >= 11 is 0. The van der Waals surface area contributed by atoms with Crippen LogP contribution in [0.1, 0.15) is 23.1 Å². The van der Waals surface area contributed by atoms with Crippen molar-refractivity contribution in [3.05, 3.63) is 65.2 Å². The van der Waals surface area contributed by atoms with Gasteiger partial charge in [-0.2, -0.15) is 0 Å². The molecule has 2 rings (SSSR count). The molecule has 2 aromatic rings. The Kier molecular flexibility index (Phi) is 5.59. The summed E-state index contributed by atoms with van der Waals surface area (Å²) in [7, 11) is 3.51. The molecule has 0 aliphatic rings. The van der Waals surface area contributed by atoms with Gasteiger partial charge in [-0.25, -0.2) is 0 Å². The first-order valence-electron chi connectivity index (χ1n) is 7.51. The van der Waals surface area contributed by atoms with Crippen LogP contribution in [0.2, 0.25) is 0 Å². The van der Waals surface area contributed by atoms with Crippen molar-refractivity contribution in [1.29, 1.82) is 0 Å². The summed E-state index contributed by atoms with van der Waals surface area (Å²) in [5, 5.41) is 0. The van der Waals surface area contributed by atoms with Gasteiger partial charge in [-0.15, -0.1) is 0 Å². The average Bonchev–Trinajstić information content (AvgIpc) is 2.55. The van der Waals surface area contributed by atoms with Crippen molar-refractivity contribution >= 4 is 5.91 Å². The van der Waals surface area contributed by atoms with Gasteiger partial charge >= 0.3 is 0 Å². The molecule has 0 radical (unpaired) electrons. The van der Waals surface area contributed by atoms with Crippen LogP contribution in [0, 0.1) is 6.92 Å². The zero-order valence-corrected chi connectivity index (χ0v) is 13.5. The van der Waals surface area contributed by atoms with Gasteiger partial charge in [0.25, 0.3) is 0 Å². The van der Waals surface area contributed by atoms with E-state index in [-0.39, 0.29) is 5.91 Å². The second-order valence-electron chi connectivity index (χ2n) is 5.58. The van der Waals surface area contributed by atoms with Gasteiger partial charge in [0.1, 0.15) is 5.75 Å². The van der Waals surface area contributed by atoms with E-state index in [0.717, 1.165) is 23.3 Å². The third kappa shape index (κ3) is 4.62. The van der Waals surface area contributed by atoms with E-state index in [1.54, 1.807) is 12.0 Å². The van der Waals surface area contributed by atoms with Crippen LogP contribution >= 0.6 is 0 Å². The van der Waals surface area contributed by atoms with Crippen molar-refractivity contribution in [3.8, 4) is 5.75 Å². The lowest BCUT2D eigenvalue weighted by Crippen LogP contribution is -2.26. The lowest BCUT2D eigenvalue weighted by atomic mass is 10.1. The number of nitrogens with zero attached hydrogens (tertiary/aromatic N) is 1. The van der Waals surface area contributed by atoms with E-state index in [1.165, 1.54) is 5.56 Å². The Morgan fingerprint density at radius 2 is 1.59 bits per heavy atom. The van der Waals surface area contributed by atoms with Crippen LogP contribution in [-0.4, -0.2) is 25.0 Å². The average molecular weight is 297 g/mol. The van der Waals surface area contributed by atoms with Gasteiger partial charge in [0, 0.05) is 20.0 Å². The standard InChI is InChI=1S/C19H23NO2/c1-15-4-6-17(7-5-15)14-20(2)19(21)13-10-16-8-11-18(22-3)12-9-16/h4-9,11-12H,10,13-14H2,1-3H3. The molecule has 0 N–H and O–H groups in total. The Hall–Kier alpha value is -2.29. The lowest BCUT2D eigenvalue weighted by molar-refractivity contribution is -0.130. The van der Waals surface area contributed by atoms with Gasteiger partial charge < -0.3 is 9.64 Å². The van der Waals surface area contributed by atoms with E-state index in [9.17, 15) is 4.79 Å². The number of methoxy groups -OCH3 is 1. The molecule has 0 aliphatic carbocycles. The fourth-order valence-corrected chi connectivity index (χ4v) is 2.29. The number of aryl methyl sites for hydroxylation is 2.